The average molecular weight is 444 g/mol. The van der Waals surface area contributed by atoms with E-state index >= 15 is 0 Å². The van der Waals surface area contributed by atoms with Gasteiger partial charge in [-0.25, -0.2) is 9.37 Å². The molecule has 5 nitrogen and oxygen atoms in total. The van der Waals surface area contributed by atoms with Gasteiger partial charge in [-0.3, -0.25) is 14.5 Å². The highest BCUT2D eigenvalue weighted by Crippen LogP contribution is 2.31. The van der Waals surface area contributed by atoms with Gasteiger partial charge in [0.05, 0.1) is 17.4 Å². The van der Waals surface area contributed by atoms with Crippen molar-refractivity contribution >= 4 is 51.6 Å². The second-order valence-electron chi connectivity index (χ2n) is 6.48. The molecule has 0 aliphatic heterocycles. The van der Waals surface area contributed by atoms with Crippen LogP contribution in [0.1, 0.15) is 31.1 Å². The Labute approximate surface area is 182 Å². The lowest BCUT2D eigenvalue weighted by Crippen LogP contribution is -2.24. The molecule has 0 saturated carbocycles. The third kappa shape index (κ3) is 5.31. The van der Waals surface area contributed by atoms with E-state index in [2.05, 4.69) is 10.3 Å². The molecule has 0 spiro atoms. The number of anilines is 2. The van der Waals surface area contributed by atoms with Gasteiger partial charge in [-0.2, -0.15) is 0 Å². The van der Waals surface area contributed by atoms with Crippen molar-refractivity contribution in [2.75, 3.05) is 4.90 Å². The first-order valence-electron chi connectivity index (χ1n) is 9.10. The van der Waals surface area contributed by atoms with Crippen LogP contribution in [0.25, 0.3) is 6.08 Å². The average Bonchev–Trinajstić information content (AvgIpc) is 3.16. The fraction of sp³-hybridized carbons (Fsp3) is 0.136. The molecule has 1 atom stereocenters. The molecular weight excluding hydrogens is 425 g/mol. The van der Waals surface area contributed by atoms with E-state index in [4.69, 9.17) is 11.6 Å². The predicted molar refractivity (Wildman–Crippen MR) is 118 cm³/mol. The summed E-state index contributed by atoms with van der Waals surface area (Å²) in [6.07, 6.45) is 2.90. The van der Waals surface area contributed by atoms with E-state index in [1.807, 2.05) is 19.1 Å². The molecule has 8 heteroatoms. The highest BCUT2D eigenvalue weighted by Gasteiger charge is 2.20. The minimum absolute atomic E-state index is 0.128. The van der Waals surface area contributed by atoms with Crippen LogP contribution in [0, 0.1) is 5.82 Å². The van der Waals surface area contributed by atoms with Crippen molar-refractivity contribution in [1.29, 1.82) is 0 Å². The van der Waals surface area contributed by atoms with Crippen molar-refractivity contribution < 1.29 is 14.0 Å². The summed E-state index contributed by atoms with van der Waals surface area (Å²) in [4.78, 5) is 29.9. The number of carbonyl (C=O) groups is 2. The molecule has 2 aromatic carbocycles. The fourth-order valence-electron chi connectivity index (χ4n) is 2.78. The Kier molecular flexibility index (Phi) is 6.97. The number of aromatic nitrogens is 1. The molecule has 1 unspecified atom stereocenters. The van der Waals surface area contributed by atoms with Gasteiger partial charge in [0.15, 0.2) is 5.13 Å². The number of hydrogen-bond donors (Lipinski definition) is 1. The van der Waals surface area contributed by atoms with E-state index in [-0.39, 0.29) is 23.5 Å². The molecule has 0 aliphatic carbocycles. The van der Waals surface area contributed by atoms with Gasteiger partial charge in [0, 0.05) is 23.4 Å². The topological polar surface area (TPSA) is 62.3 Å². The number of nitrogens with one attached hydrogen (secondary N) is 1. The molecule has 0 saturated heterocycles. The molecule has 30 heavy (non-hydrogen) atoms. The van der Waals surface area contributed by atoms with Gasteiger partial charge in [0.1, 0.15) is 5.82 Å². The maximum Gasteiger partial charge on any atom is 0.244 e. The van der Waals surface area contributed by atoms with Gasteiger partial charge in [0.25, 0.3) is 0 Å². The number of rotatable bonds is 6. The Bertz CT molecular complexity index is 1100. The zero-order valence-electron chi connectivity index (χ0n) is 16.3. The van der Waals surface area contributed by atoms with Gasteiger partial charge in [-0.15, -0.1) is 11.3 Å². The van der Waals surface area contributed by atoms with Crippen molar-refractivity contribution in [3.8, 4) is 0 Å². The van der Waals surface area contributed by atoms with E-state index in [1.54, 1.807) is 35.7 Å². The summed E-state index contributed by atoms with van der Waals surface area (Å²) in [6, 6.07) is 13.0. The third-order valence-electron chi connectivity index (χ3n) is 4.22. The standard InChI is InChI=1S/C22H19ClFN3O2S/c1-14(16-6-5-7-17(23)12-16)25-21(29)11-10-18-13-30-22(26-18)27(15(2)28)20-9-4-3-8-19(20)24/h3-14H,1-2H3,(H,25,29)/b11-10+. The number of thiazole rings is 1. The predicted octanol–water partition coefficient (Wildman–Crippen LogP) is 5.51. The van der Waals surface area contributed by atoms with Gasteiger partial charge in [-0.1, -0.05) is 35.9 Å². The van der Waals surface area contributed by atoms with Crippen LogP contribution >= 0.6 is 22.9 Å². The van der Waals surface area contributed by atoms with Crippen LogP contribution in [-0.2, 0) is 9.59 Å². The molecule has 1 heterocycles. The molecular formula is C22H19ClFN3O2S. The summed E-state index contributed by atoms with van der Waals surface area (Å²) in [5.41, 5.74) is 1.51. The largest absolute Gasteiger partial charge is 0.346 e. The number of amides is 2. The molecule has 1 aromatic heterocycles. The Morgan fingerprint density at radius 2 is 2.00 bits per heavy atom. The second-order valence-corrected chi connectivity index (χ2v) is 7.75. The summed E-state index contributed by atoms with van der Waals surface area (Å²) in [6.45, 7) is 3.20. The minimum atomic E-state index is -0.519. The zero-order chi connectivity index (χ0) is 21.7. The summed E-state index contributed by atoms with van der Waals surface area (Å²) >= 11 is 7.17. The molecule has 154 valence electrons. The van der Waals surface area contributed by atoms with E-state index in [9.17, 15) is 14.0 Å². The van der Waals surface area contributed by atoms with Gasteiger partial charge in [0.2, 0.25) is 11.8 Å². The number of benzene rings is 2. The Morgan fingerprint density at radius 3 is 2.70 bits per heavy atom. The quantitative estimate of drug-likeness (QED) is 0.511. The maximum absolute atomic E-state index is 14.1. The number of hydrogen-bond acceptors (Lipinski definition) is 4. The van der Waals surface area contributed by atoms with Crippen molar-refractivity contribution in [1.82, 2.24) is 10.3 Å². The van der Waals surface area contributed by atoms with Gasteiger partial charge in [-0.05, 0) is 42.8 Å². The summed E-state index contributed by atoms with van der Waals surface area (Å²) in [7, 11) is 0. The minimum Gasteiger partial charge on any atom is -0.346 e. The number of nitrogens with zero attached hydrogens (tertiary/aromatic N) is 2. The van der Waals surface area contributed by atoms with E-state index < -0.39 is 5.82 Å². The lowest BCUT2D eigenvalue weighted by molar-refractivity contribution is -0.117. The first-order valence-corrected chi connectivity index (χ1v) is 10.4. The highest BCUT2D eigenvalue weighted by atomic mass is 35.5. The van der Waals surface area contributed by atoms with Crippen molar-refractivity contribution in [3.05, 3.63) is 82.1 Å². The molecule has 2 amide bonds. The van der Waals surface area contributed by atoms with E-state index in [1.165, 1.54) is 41.4 Å². The van der Waals surface area contributed by atoms with Crippen LogP contribution in [-0.4, -0.2) is 16.8 Å². The fourth-order valence-corrected chi connectivity index (χ4v) is 3.82. The molecule has 0 bridgehead atoms. The molecule has 1 N–H and O–H groups in total. The molecule has 3 rings (SSSR count). The monoisotopic (exact) mass is 443 g/mol. The summed E-state index contributed by atoms with van der Waals surface area (Å²) in [5.74, 6) is -1.18. The smallest absolute Gasteiger partial charge is 0.244 e. The normalized spacial score (nSPS) is 12.0. The van der Waals surface area contributed by atoms with Crippen molar-refractivity contribution in [3.63, 3.8) is 0 Å². The first kappa shape index (κ1) is 21.7. The van der Waals surface area contributed by atoms with Crippen molar-refractivity contribution in [2.24, 2.45) is 0 Å². The Balaban J connectivity index is 1.71. The van der Waals surface area contributed by atoms with Gasteiger partial charge < -0.3 is 5.32 Å². The highest BCUT2D eigenvalue weighted by molar-refractivity contribution is 7.14. The Morgan fingerprint density at radius 1 is 1.23 bits per heavy atom. The SMILES string of the molecule is CC(=O)N(c1nc(/C=C/C(=O)NC(C)c2cccc(Cl)c2)cs1)c1ccccc1F. The molecule has 3 aromatic rings. The van der Waals surface area contributed by atoms with Crippen LogP contribution < -0.4 is 10.2 Å². The zero-order valence-corrected chi connectivity index (χ0v) is 17.9. The number of halogens is 2. The third-order valence-corrected chi connectivity index (χ3v) is 5.30. The van der Waals surface area contributed by atoms with Gasteiger partial charge >= 0.3 is 0 Å². The molecule has 0 aliphatic rings. The maximum atomic E-state index is 14.1. The first-order chi connectivity index (χ1) is 14.3. The summed E-state index contributed by atoms with van der Waals surface area (Å²) < 4.78 is 14.1. The van der Waals surface area contributed by atoms with Crippen LogP contribution in [0.15, 0.2) is 60.0 Å². The molecule has 0 radical (unpaired) electrons. The lowest BCUT2D eigenvalue weighted by Gasteiger charge is -2.18. The number of carbonyl (C=O) groups excluding carboxylic acids is 2. The lowest BCUT2D eigenvalue weighted by atomic mass is 10.1. The second kappa shape index (κ2) is 9.65. The Hall–Kier alpha value is -3.03. The van der Waals surface area contributed by atoms with Crippen LogP contribution in [0.2, 0.25) is 5.02 Å². The van der Waals surface area contributed by atoms with Crippen LogP contribution in [0.4, 0.5) is 15.2 Å². The molecule has 0 fully saturated rings. The van der Waals surface area contributed by atoms with E-state index in [0.717, 1.165) is 5.56 Å². The van der Waals surface area contributed by atoms with Crippen molar-refractivity contribution in [2.45, 2.75) is 19.9 Å². The van der Waals surface area contributed by atoms with Crippen LogP contribution in [0.5, 0.6) is 0 Å². The van der Waals surface area contributed by atoms with Crippen LogP contribution in [0.3, 0.4) is 0 Å². The number of para-hydroxylation sites is 1. The summed E-state index contributed by atoms with van der Waals surface area (Å²) in [5, 5.41) is 5.46. The van der Waals surface area contributed by atoms with E-state index in [0.29, 0.717) is 15.8 Å².